The predicted molar refractivity (Wildman–Crippen MR) is 109 cm³/mol. The maximum atomic E-state index is 12.9. The fourth-order valence-electron chi connectivity index (χ4n) is 3.42. The minimum Gasteiger partial charge on any atom is -0.468 e. The molecule has 7 nitrogen and oxygen atoms in total. The Labute approximate surface area is 173 Å². The van der Waals surface area contributed by atoms with Crippen LogP contribution in [0, 0.1) is 0 Å². The Balaban J connectivity index is 1.42. The van der Waals surface area contributed by atoms with E-state index in [1.54, 1.807) is 41.8 Å². The molecule has 1 aromatic carbocycles. The number of hydrogen-bond donors (Lipinski definition) is 1. The van der Waals surface area contributed by atoms with Gasteiger partial charge in [-0.2, -0.15) is 0 Å². The number of carbonyl (C=O) groups is 1. The van der Waals surface area contributed by atoms with Gasteiger partial charge in [-0.1, -0.05) is 0 Å². The van der Waals surface area contributed by atoms with Gasteiger partial charge in [-0.05, 0) is 49.2 Å². The van der Waals surface area contributed by atoms with E-state index >= 15 is 0 Å². The SMILES string of the molecule is O=C(c1ccc(S(=O)(=O)NCc2ccco2)cc1)N1CCCC(c2nccs2)C1. The molecule has 0 aliphatic carbocycles. The summed E-state index contributed by atoms with van der Waals surface area (Å²) >= 11 is 1.62. The van der Waals surface area contributed by atoms with E-state index in [4.69, 9.17) is 4.42 Å². The van der Waals surface area contributed by atoms with Crippen molar-refractivity contribution in [3.8, 4) is 0 Å². The van der Waals surface area contributed by atoms with E-state index in [0.717, 1.165) is 17.8 Å². The van der Waals surface area contributed by atoms with Crippen LogP contribution < -0.4 is 4.72 Å². The number of aromatic nitrogens is 1. The molecule has 3 aromatic rings. The molecule has 2 aromatic heterocycles. The monoisotopic (exact) mass is 431 g/mol. The highest BCUT2D eigenvalue weighted by Crippen LogP contribution is 2.29. The van der Waals surface area contributed by atoms with Crippen LogP contribution in [0.25, 0.3) is 0 Å². The van der Waals surface area contributed by atoms with Crippen molar-refractivity contribution < 1.29 is 17.6 Å². The normalized spacial score (nSPS) is 17.4. The van der Waals surface area contributed by atoms with Crippen molar-refractivity contribution in [3.05, 3.63) is 70.6 Å². The van der Waals surface area contributed by atoms with Gasteiger partial charge in [0.05, 0.1) is 22.7 Å². The molecular formula is C20H21N3O4S2. The molecule has 1 saturated heterocycles. The molecule has 0 radical (unpaired) electrons. The van der Waals surface area contributed by atoms with Crippen molar-refractivity contribution in [2.45, 2.75) is 30.2 Å². The lowest BCUT2D eigenvalue weighted by Gasteiger charge is -2.32. The van der Waals surface area contributed by atoms with Crippen LogP contribution in [0.2, 0.25) is 0 Å². The first kappa shape index (κ1) is 19.8. The van der Waals surface area contributed by atoms with Crippen LogP contribution >= 0.6 is 11.3 Å². The molecule has 1 N–H and O–H groups in total. The van der Waals surface area contributed by atoms with Crippen LogP contribution in [0.15, 0.2) is 63.6 Å². The molecule has 1 unspecified atom stereocenters. The highest BCUT2D eigenvalue weighted by Gasteiger charge is 2.27. The van der Waals surface area contributed by atoms with Gasteiger partial charge in [-0.15, -0.1) is 11.3 Å². The summed E-state index contributed by atoms with van der Waals surface area (Å²) in [6, 6.07) is 9.44. The first-order valence-corrected chi connectivity index (χ1v) is 11.7. The number of likely N-dealkylation sites (tertiary alicyclic amines) is 1. The molecular weight excluding hydrogens is 410 g/mol. The van der Waals surface area contributed by atoms with E-state index in [9.17, 15) is 13.2 Å². The quantitative estimate of drug-likeness (QED) is 0.647. The van der Waals surface area contributed by atoms with E-state index in [0.29, 0.717) is 24.4 Å². The van der Waals surface area contributed by atoms with E-state index in [1.807, 2.05) is 10.3 Å². The van der Waals surface area contributed by atoms with Crippen LogP contribution in [0.1, 0.15) is 39.9 Å². The summed E-state index contributed by atoms with van der Waals surface area (Å²) in [5.74, 6) is 0.706. The minimum absolute atomic E-state index is 0.0714. The zero-order chi connectivity index (χ0) is 20.3. The molecule has 0 bridgehead atoms. The summed E-state index contributed by atoms with van der Waals surface area (Å²) in [5, 5.41) is 3.02. The highest BCUT2D eigenvalue weighted by atomic mass is 32.2. The molecule has 1 amide bonds. The molecule has 0 spiro atoms. The molecule has 1 fully saturated rings. The van der Waals surface area contributed by atoms with E-state index in [-0.39, 0.29) is 23.3 Å². The van der Waals surface area contributed by atoms with Gasteiger partial charge < -0.3 is 9.32 Å². The lowest BCUT2D eigenvalue weighted by Crippen LogP contribution is -2.39. The van der Waals surface area contributed by atoms with Gasteiger partial charge in [0.2, 0.25) is 10.0 Å². The first-order chi connectivity index (χ1) is 14.0. The number of nitrogens with zero attached hydrogens (tertiary/aromatic N) is 2. The van der Waals surface area contributed by atoms with Gasteiger partial charge >= 0.3 is 0 Å². The Morgan fingerprint density at radius 3 is 2.79 bits per heavy atom. The molecule has 29 heavy (non-hydrogen) atoms. The van der Waals surface area contributed by atoms with Gasteiger partial charge in [-0.3, -0.25) is 4.79 Å². The third-order valence-electron chi connectivity index (χ3n) is 4.94. The summed E-state index contributed by atoms with van der Waals surface area (Å²) < 4.78 is 32.5. The lowest BCUT2D eigenvalue weighted by molar-refractivity contribution is 0.0707. The smallest absolute Gasteiger partial charge is 0.253 e. The largest absolute Gasteiger partial charge is 0.468 e. The van der Waals surface area contributed by atoms with Gasteiger partial charge in [0.15, 0.2) is 0 Å². The maximum absolute atomic E-state index is 12.9. The average Bonchev–Trinajstić information content (AvgIpc) is 3.46. The lowest BCUT2D eigenvalue weighted by atomic mass is 9.98. The Morgan fingerprint density at radius 1 is 1.28 bits per heavy atom. The number of thiazole rings is 1. The van der Waals surface area contributed by atoms with E-state index in [1.165, 1.54) is 18.4 Å². The topological polar surface area (TPSA) is 92.5 Å². The van der Waals surface area contributed by atoms with Gasteiger partial charge in [-0.25, -0.2) is 18.1 Å². The van der Waals surface area contributed by atoms with Crippen molar-refractivity contribution in [1.82, 2.24) is 14.6 Å². The zero-order valence-corrected chi connectivity index (χ0v) is 17.3. The number of piperidine rings is 1. The fourth-order valence-corrected chi connectivity index (χ4v) is 5.18. The Kier molecular flexibility index (Phi) is 5.79. The second kappa shape index (κ2) is 8.48. The molecule has 1 atom stereocenters. The summed E-state index contributed by atoms with van der Waals surface area (Å²) in [6.45, 7) is 1.41. The number of carbonyl (C=O) groups excluding carboxylic acids is 1. The van der Waals surface area contributed by atoms with Crippen LogP contribution in [-0.4, -0.2) is 37.3 Å². The Hall–Kier alpha value is -2.49. The predicted octanol–water partition coefficient (Wildman–Crippen LogP) is 3.23. The zero-order valence-electron chi connectivity index (χ0n) is 15.7. The number of nitrogens with one attached hydrogen (secondary N) is 1. The summed E-state index contributed by atoms with van der Waals surface area (Å²) in [7, 11) is -3.68. The van der Waals surface area contributed by atoms with E-state index < -0.39 is 10.0 Å². The Bertz CT molecular complexity index is 1050. The summed E-state index contributed by atoms with van der Waals surface area (Å²) in [4.78, 5) is 19.2. The van der Waals surface area contributed by atoms with Crippen molar-refractivity contribution in [2.24, 2.45) is 0 Å². The van der Waals surface area contributed by atoms with Crippen molar-refractivity contribution >= 4 is 27.3 Å². The van der Waals surface area contributed by atoms with Gasteiger partial charge in [0.25, 0.3) is 5.91 Å². The fraction of sp³-hybridized carbons (Fsp3) is 0.300. The third kappa shape index (κ3) is 4.58. The number of amides is 1. The second-order valence-electron chi connectivity index (χ2n) is 6.89. The molecule has 152 valence electrons. The number of benzene rings is 1. The number of sulfonamides is 1. The van der Waals surface area contributed by atoms with E-state index in [2.05, 4.69) is 9.71 Å². The molecule has 9 heteroatoms. The van der Waals surface area contributed by atoms with Crippen LogP contribution in [0.3, 0.4) is 0 Å². The van der Waals surface area contributed by atoms with Crippen molar-refractivity contribution in [2.75, 3.05) is 13.1 Å². The van der Waals surface area contributed by atoms with Crippen molar-refractivity contribution in [1.29, 1.82) is 0 Å². The molecule has 0 saturated carbocycles. The molecule has 1 aliphatic rings. The number of furan rings is 1. The first-order valence-electron chi connectivity index (χ1n) is 9.34. The maximum Gasteiger partial charge on any atom is 0.253 e. The molecule has 1 aliphatic heterocycles. The molecule has 4 rings (SSSR count). The van der Waals surface area contributed by atoms with Crippen LogP contribution in [0.4, 0.5) is 0 Å². The van der Waals surface area contributed by atoms with Crippen LogP contribution in [-0.2, 0) is 16.6 Å². The van der Waals surface area contributed by atoms with Gasteiger partial charge in [0.1, 0.15) is 5.76 Å². The summed E-state index contributed by atoms with van der Waals surface area (Å²) in [6.07, 6.45) is 5.23. The van der Waals surface area contributed by atoms with Crippen LogP contribution in [0.5, 0.6) is 0 Å². The Morgan fingerprint density at radius 2 is 2.10 bits per heavy atom. The molecule has 3 heterocycles. The standard InChI is InChI=1S/C20H21N3O4S2/c24-20(23-10-1-3-16(14-23)19-21-9-12-28-19)15-5-7-18(8-6-15)29(25,26)22-13-17-4-2-11-27-17/h2,4-9,11-12,16,22H,1,3,10,13-14H2. The number of rotatable bonds is 6. The highest BCUT2D eigenvalue weighted by molar-refractivity contribution is 7.89. The second-order valence-corrected chi connectivity index (χ2v) is 9.58. The average molecular weight is 432 g/mol. The van der Waals surface area contributed by atoms with Gasteiger partial charge in [0, 0.05) is 36.1 Å². The number of hydrogen-bond acceptors (Lipinski definition) is 6. The van der Waals surface area contributed by atoms with Crippen molar-refractivity contribution in [3.63, 3.8) is 0 Å². The minimum atomic E-state index is -3.68. The summed E-state index contributed by atoms with van der Waals surface area (Å²) in [5.41, 5.74) is 0.481. The third-order valence-corrected chi connectivity index (χ3v) is 7.29.